The zero-order chi connectivity index (χ0) is 23.9. The number of hydrogen-bond acceptors (Lipinski definition) is 6. The standard InChI is InChI=1S/C27H24ClN3O3/c1-34-24-12-18(11-22(28)26(24)33)17-4-7-23-20(10-17)25(21(14-30-23)27(15-32)8-9-27)31-19-5-2-16(13-29)3-6-19/h2-7,10-12,14-15,33H,8-9,13,29H2,1H3,(H,30,31). The summed E-state index contributed by atoms with van der Waals surface area (Å²) >= 11 is 6.24. The quantitative estimate of drug-likeness (QED) is 0.298. The first kappa shape index (κ1) is 22.2. The number of aldehydes is 1. The summed E-state index contributed by atoms with van der Waals surface area (Å²) in [7, 11) is 1.48. The van der Waals surface area contributed by atoms with Crippen LogP contribution in [0.4, 0.5) is 11.4 Å². The molecule has 4 aromatic rings. The number of carbonyl (C=O) groups is 1. The fourth-order valence-corrected chi connectivity index (χ4v) is 4.44. The lowest BCUT2D eigenvalue weighted by atomic mass is 9.93. The van der Waals surface area contributed by atoms with Crippen LogP contribution in [0.2, 0.25) is 5.02 Å². The second-order valence-corrected chi connectivity index (χ2v) is 8.99. The Morgan fingerprint density at radius 1 is 1.15 bits per heavy atom. The number of anilines is 2. The van der Waals surface area contributed by atoms with Gasteiger partial charge in [-0.3, -0.25) is 4.98 Å². The molecule has 1 heterocycles. The van der Waals surface area contributed by atoms with Gasteiger partial charge in [0.25, 0.3) is 0 Å². The highest BCUT2D eigenvalue weighted by atomic mass is 35.5. The Bertz CT molecular complexity index is 1400. The van der Waals surface area contributed by atoms with Gasteiger partial charge >= 0.3 is 0 Å². The summed E-state index contributed by atoms with van der Waals surface area (Å²) in [6, 6.07) is 17.3. The summed E-state index contributed by atoms with van der Waals surface area (Å²) in [6.45, 7) is 0.472. The number of nitrogens with one attached hydrogen (secondary N) is 1. The Labute approximate surface area is 202 Å². The molecule has 1 aromatic heterocycles. The van der Waals surface area contributed by atoms with Crippen molar-refractivity contribution in [3.05, 3.63) is 76.9 Å². The molecule has 0 atom stereocenters. The van der Waals surface area contributed by atoms with Crippen molar-refractivity contribution in [2.24, 2.45) is 5.73 Å². The predicted octanol–water partition coefficient (Wildman–Crippen LogP) is 5.70. The van der Waals surface area contributed by atoms with Crippen molar-refractivity contribution >= 4 is 40.2 Å². The number of methoxy groups -OCH3 is 1. The van der Waals surface area contributed by atoms with Crippen LogP contribution in [0.25, 0.3) is 22.0 Å². The number of halogens is 1. The first-order valence-corrected chi connectivity index (χ1v) is 11.4. The Kier molecular flexibility index (Phi) is 5.63. The molecule has 0 bridgehead atoms. The topological polar surface area (TPSA) is 97.5 Å². The Morgan fingerprint density at radius 2 is 1.91 bits per heavy atom. The van der Waals surface area contributed by atoms with E-state index < -0.39 is 5.41 Å². The number of aromatic nitrogens is 1. The largest absolute Gasteiger partial charge is 0.503 e. The lowest BCUT2D eigenvalue weighted by molar-refractivity contribution is -0.109. The van der Waals surface area contributed by atoms with Gasteiger partial charge in [0, 0.05) is 29.4 Å². The van der Waals surface area contributed by atoms with E-state index in [4.69, 9.17) is 22.1 Å². The van der Waals surface area contributed by atoms with Crippen LogP contribution in [0.3, 0.4) is 0 Å². The SMILES string of the molecule is COc1cc(-c2ccc3ncc(C4(C=O)CC4)c(Nc4ccc(CN)cc4)c3c2)cc(Cl)c1O. The van der Waals surface area contributed by atoms with Crippen molar-refractivity contribution in [1.29, 1.82) is 0 Å². The zero-order valence-electron chi connectivity index (χ0n) is 18.6. The normalized spacial score (nSPS) is 14.1. The van der Waals surface area contributed by atoms with Gasteiger partial charge in [-0.05, 0) is 65.9 Å². The molecule has 0 unspecified atom stereocenters. The second kappa shape index (κ2) is 8.63. The van der Waals surface area contributed by atoms with Crippen LogP contribution in [0, 0.1) is 0 Å². The molecule has 3 aromatic carbocycles. The van der Waals surface area contributed by atoms with Crippen LogP contribution in [0.5, 0.6) is 11.5 Å². The zero-order valence-corrected chi connectivity index (χ0v) is 19.4. The Balaban J connectivity index is 1.69. The molecule has 4 N–H and O–H groups in total. The molecule has 1 saturated carbocycles. The van der Waals surface area contributed by atoms with E-state index in [1.165, 1.54) is 7.11 Å². The summed E-state index contributed by atoms with van der Waals surface area (Å²) in [5, 5.41) is 14.8. The number of ether oxygens (including phenoxy) is 1. The number of pyridine rings is 1. The molecule has 0 spiro atoms. The van der Waals surface area contributed by atoms with Crippen molar-refractivity contribution in [3.8, 4) is 22.6 Å². The van der Waals surface area contributed by atoms with E-state index in [0.717, 1.165) is 63.7 Å². The fraction of sp³-hybridized carbons (Fsp3) is 0.185. The highest BCUT2D eigenvalue weighted by Crippen LogP contribution is 2.51. The highest BCUT2D eigenvalue weighted by molar-refractivity contribution is 6.32. The predicted molar refractivity (Wildman–Crippen MR) is 135 cm³/mol. The number of nitrogens with two attached hydrogens (primary N) is 1. The maximum Gasteiger partial charge on any atom is 0.176 e. The number of carbonyl (C=O) groups excluding carboxylic acids is 1. The smallest absolute Gasteiger partial charge is 0.176 e. The number of phenols is 1. The van der Waals surface area contributed by atoms with Gasteiger partial charge in [-0.15, -0.1) is 0 Å². The van der Waals surface area contributed by atoms with E-state index >= 15 is 0 Å². The van der Waals surface area contributed by atoms with Crippen LogP contribution in [-0.4, -0.2) is 23.5 Å². The third-order valence-corrected chi connectivity index (χ3v) is 6.75. The molecule has 6 nitrogen and oxygen atoms in total. The lowest BCUT2D eigenvalue weighted by Gasteiger charge is -2.19. The van der Waals surface area contributed by atoms with Gasteiger partial charge in [-0.2, -0.15) is 0 Å². The van der Waals surface area contributed by atoms with E-state index in [1.807, 2.05) is 42.5 Å². The minimum absolute atomic E-state index is 0.0948. The van der Waals surface area contributed by atoms with Crippen LogP contribution in [-0.2, 0) is 16.8 Å². The molecular formula is C27H24ClN3O3. The molecule has 34 heavy (non-hydrogen) atoms. The average molecular weight is 474 g/mol. The summed E-state index contributed by atoms with van der Waals surface area (Å²) < 4.78 is 5.28. The van der Waals surface area contributed by atoms with E-state index in [-0.39, 0.29) is 10.8 Å². The number of hydrogen-bond donors (Lipinski definition) is 3. The molecule has 0 amide bonds. The number of rotatable bonds is 7. The summed E-state index contributed by atoms with van der Waals surface area (Å²) in [6.07, 6.45) is 4.44. The summed E-state index contributed by atoms with van der Waals surface area (Å²) in [4.78, 5) is 16.7. The minimum Gasteiger partial charge on any atom is -0.503 e. The van der Waals surface area contributed by atoms with Crippen LogP contribution in [0.15, 0.2) is 60.8 Å². The van der Waals surface area contributed by atoms with Crippen molar-refractivity contribution in [2.75, 3.05) is 12.4 Å². The van der Waals surface area contributed by atoms with Gasteiger partial charge in [-0.1, -0.05) is 29.8 Å². The van der Waals surface area contributed by atoms with E-state index in [2.05, 4.69) is 10.3 Å². The van der Waals surface area contributed by atoms with Gasteiger partial charge < -0.3 is 25.7 Å². The molecule has 0 radical (unpaired) electrons. The van der Waals surface area contributed by atoms with E-state index in [9.17, 15) is 9.90 Å². The molecule has 172 valence electrons. The summed E-state index contributed by atoms with van der Waals surface area (Å²) in [5.41, 5.74) is 11.4. The third-order valence-electron chi connectivity index (χ3n) is 6.46. The Morgan fingerprint density at radius 3 is 2.56 bits per heavy atom. The van der Waals surface area contributed by atoms with Crippen LogP contribution in [0.1, 0.15) is 24.0 Å². The number of aromatic hydroxyl groups is 1. The minimum atomic E-state index is -0.512. The third kappa shape index (κ3) is 3.85. The first-order chi connectivity index (χ1) is 16.5. The monoisotopic (exact) mass is 473 g/mol. The van der Waals surface area contributed by atoms with Crippen molar-refractivity contribution in [3.63, 3.8) is 0 Å². The Hall–Kier alpha value is -3.61. The highest BCUT2D eigenvalue weighted by Gasteiger charge is 2.46. The van der Waals surface area contributed by atoms with Crippen molar-refractivity contribution < 1.29 is 14.6 Å². The van der Waals surface area contributed by atoms with Gasteiger partial charge in [-0.25, -0.2) is 0 Å². The fourth-order valence-electron chi connectivity index (χ4n) is 4.23. The number of phenolic OH excluding ortho intramolecular Hbond substituents is 1. The summed E-state index contributed by atoms with van der Waals surface area (Å²) in [5.74, 6) is 0.202. The molecule has 5 rings (SSSR count). The molecular weight excluding hydrogens is 450 g/mol. The van der Waals surface area contributed by atoms with Crippen LogP contribution < -0.4 is 15.8 Å². The first-order valence-electron chi connectivity index (χ1n) is 11.0. The molecule has 0 saturated heterocycles. The van der Waals surface area contributed by atoms with Crippen LogP contribution >= 0.6 is 11.6 Å². The maximum atomic E-state index is 12.0. The van der Waals surface area contributed by atoms with Gasteiger partial charge in [0.1, 0.15) is 6.29 Å². The number of benzene rings is 3. The van der Waals surface area contributed by atoms with E-state index in [0.29, 0.717) is 12.3 Å². The van der Waals surface area contributed by atoms with Gasteiger partial charge in [0.2, 0.25) is 0 Å². The second-order valence-electron chi connectivity index (χ2n) is 8.59. The van der Waals surface area contributed by atoms with Crippen molar-refractivity contribution in [2.45, 2.75) is 24.8 Å². The molecule has 1 fully saturated rings. The molecule has 1 aliphatic rings. The molecule has 1 aliphatic carbocycles. The average Bonchev–Trinajstić information content (AvgIpc) is 3.67. The number of nitrogens with zero attached hydrogens (tertiary/aromatic N) is 1. The van der Waals surface area contributed by atoms with Gasteiger partial charge in [0.05, 0.1) is 28.8 Å². The number of fused-ring (bicyclic) bond motifs is 1. The maximum absolute atomic E-state index is 12.0. The molecule has 7 heteroatoms. The van der Waals surface area contributed by atoms with Gasteiger partial charge in [0.15, 0.2) is 11.5 Å². The van der Waals surface area contributed by atoms with E-state index in [1.54, 1.807) is 18.3 Å². The van der Waals surface area contributed by atoms with Crippen molar-refractivity contribution in [1.82, 2.24) is 4.98 Å². The lowest BCUT2D eigenvalue weighted by Crippen LogP contribution is -2.12. The molecule has 0 aliphatic heterocycles.